The molecule has 0 saturated carbocycles. The number of imidazole rings is 1. The van der Waals surface area contributed by atoms with Crippen LogP contribution in [0.5, 0.6) is 0 Å². The first-order valence-electron chi connectivity index (χ1n) is 5.20. The van der Waals surface area contributed by atoms with Crippen molar-refractivity contribution in [3.63, 3.8) is 0 Å². The molecule has 0 saturated heterocycles. The zero-order valence-electron chi connectivity index (χ0n) is 9.52. The molecule has 0 amide bonds. The van der Waals surface area contributed by atoms with E-state index in [0.29, 0.717) is 6.42 Å². The van der Waals surface area contributed by atoms with Crippen molar-refractivity contribution in [3.05, 3.63) is 55.2 Å². The molecule has 16 heavy (non-hydrogen) atoms. The number of aryl methyl sites for hydroxylation is 1. The molecular weight excluding hydrogens is 200 g/mol. The van der Waals surface area contributed by atoms with E-state index in [2.05, 4.69) is 18.1 Å². The molecule has 3 heteroatoms. The van der Waals surface area contributed by atoms with Gasteiger partial charge in [0.05, 0.1) is 12.1 Å². The van der Waals surface area contributed by atoms with E-state index >= 15 is 0 Å². The van der Waals surface area contributed by atoms with E-state index in [1.165, 1.54) is 4.57 Å². The molecule has 0 N–H and O–H groups in total. The predicted octanol–water partition coefficient (Wildman–Crippen LogP) is 2.77. The SMILES string of the molecule is C=C/C=C\C(=C)CC(=O)n1cnc(CC)c1. The molecule has 1 heterocycles. The fraction of sp³-hybridized carbons (Fsp3) is 0.231. The van der Waals surface area contributed by atoms with Crippen molar-refractivity contribution in [2.75, 3.05) is 0 Å². The molecule has 0 unspecified atom stereocenters. The highest BCUT2D eigenvalue weighted by molar-refractivity contribution is 5.81. The Kier molecular flexibility index (Phi) is 4.45. The number of allylic oxidation sites excluding steroid dienone is 4. The highest BCUT2D eigenvalue weighted by Crippen LogP contribution is 2.05. The molecule has 1 aromatic rings. The Morgan fingerprint density at radius 3 is 2.94 bits per heavy atom. The van der Waals surface area contributed by atoms with Gasteiger partial charge in [0.25, 0.3) is 0 Å². The molecule has 0 aromatic carbocycles. The fourth-order valence-corrected chi connectivity index (χ4v) is 1.23. The number of carbonyl (C=O) groups is 1. The summed E-state index contributed by atoms with van der Waals surface area (Å²) in [7, 11) is 0. The van der Waals surface area contributed by atoms with Gasteiger partial charge in [-0.15, -0.1) is 0 Å². The van der Waals surface area contributed by atoms with Crippen LogP contribution in [0.15, 0.2) is 49.5 Å². The lowest BCUT2D eigenvalue weighted by Gasteiger charge is -2.00. The molecule has 0 aliphatic carbocycles. The normalized spacial score (nSPS) is 10.6. The second kappa shape index (κ2) is 5.85. The molecule has 3 nitrogen and oxygen atoms in total. The van der Waals surface area contributed by atoms with Crippen LogP contribution in [0.1, 0.15) is 23.8 Å². The molecule has 0 bridgehead atoms. The van der Waals surface area contributed by atoms with Gasteiger partial charge in [0.2, 0.25) is 5.91 Å². The maximum Gasteiger partial charge on any atom is 0.236 e. The van der Waals surface area contributed by atoms with Gasteiger partial charge in [-0.05, 0) is 12.0 Å². The largest absolute Gasteiger partial charge is 0.276 e. The van der Waals surface area contributed by atoms with Crippen LogP contribution in [-0.4, -0.2) is 15.5 Å². The lowest BCUT2D eigenvalue weighted by molar-refractivity contribution is 0.0915. The van der Waals surface area contributed by atoms with Crippen molar-refractivity contribution in [1.29, 1.82) is 0 Å². The molecule has 0 fully saturated rings. The van der Waals surface area contributed by atoms with Crippen molar-refractivity contribution in [2.24, 2.45) is 0 Å². The standard InChI is InChI=1S/C13H16N2O/c1-4-6-7-11(3)8-13(16)15-9-12(5-2)14-10-15/h4,6-7,9-10H,1,3,5,8H2,2H3/b7-6-. The summed E-state index contributed by atoms with van der Waals surface area (Å²) in [6.07, 6.45) is 9.63. The van der Waals surface area contributed by atoms with Gasteiger partial charge in [0.1, 0.15) is 6.33 Å². The van der Waals surface area contributed by atoms with Crippen molar-refractivity contribution >= 4 is 5.91 Å². The van der Waals surface area contributed by atoms with E-state index in [1.807, 2.05) is 6.92 Å². The molecule has 84 valence electrons. The van der Waals surface area contributed by atoms with Gasteiger partial charge in [-0.2, -0.15) is 0 Å². The summed E-state index contributed by atoms with van der Waals surface area (Å²) in [5.74, 6) is -0.0223. The van der Waals surface area contributed by atoms with Gasteiger partial charge >= 0.3 is 0 Å². The quantitative estimate of drug-likeness (QED) is 0.709. The summed E-state index contributed by atoms with van der Waals surface area (Å²) in [5, 5.41) is 0. The minimum absolute atomic E-state index is 0.0223. The number of aromatic nitrogens is 2. The number of hydrogen-bond donors (Lipinski definition) is 0. The third-order valence-electron chi connectivity index (χ3n) is 2.13. The van der Waals surface area contributed by atoms with Crippen molar-refractivity contribution in [2.45, 2.75) is 19.8 Å². The van der Waals surface area contributed by atoms with Gasteiger partial charge in [-0.25, -0.2) is 4.98 Å². The first kappa shape index (κ1) is 12.2. The fourth-order valence-electron chi connectivity index (χ4n) is 1.23. The van der Waals surface area contributed by atoms with Crippen LogP contribution < -0.4 is 0 Å². The lowest BCUT2D eigenvalue weighted by atomic mass is 10.2. The van der Waals surface area contributed by atoms with Crippen LogP contribution in [0.2, 0.25) is 0 Å². The zero-order valence-corrected chi connectivity index (χ0v) is 9.52. The molecule has 0 spiro atoms. The van der Waals surface area contributed by atoms with E-state index in [-0.39, 0.29) is 5.91 Å². The number of hydrogen-bond acceptors (Lipinski definition) is 2. The number of carbonyl (C=O) groups excluding carboxylic acids is 1. The molecule has 0 aliphatic heterocycles. The van der Waals surface area contributed by atoms with Gasteiger partial charge in [0.15, 0.2) is 0 Å². The Morgan fingerprint density at radius 2 is 2.38 bits per heavy atom. The summed E-state index contributed by atoms with van der Waals surface area (Å²) >= 11 is 0. The van der Waals surface area contributed by atoms with Gasteiger partial charge in [0, 0.05) is 6.20 Å². The minimum Gasteiger partial charge on any atom is -0.276 e. The van der Waals surface area contributed by atoms with Gasteiger partial charge < -0.3 is 0 Å². The van der Waals surface area contributed by atoms with E-state index in [0.717, 1.165) is 17.7 Å². The maximum absolute atomic E-state index is 11.7. The minimum atomic E-state index is -0.0223. The molecule has 1 rings (SSSR count). The predicted molar refractivity (Wildman–Crippen MR) is 65.3 cm³/mol. The Morgan fingerprint density at radius 1 is 1.62 bits per heavy atom. The van der Waals surface area contributed by atoms with Crippen LogP contribution in [0.25, 0.3) is 0 Å². The van der Waals surface area contributed by atoms with Crippen molar-refractivity contribution in [1.82, 2.24) is 9.55 Å². The maximum atomic E-state index is 11.7. The number of nitrogens with zero attached hydrogens (tertiary/aromatic N) is 2. The highest BCUT2D eigenvalue weighted by Gasteiger charge is 2.06. The Hall–Kier alpha value is -1.90. The Bertz CT molecular complexity index is 427. The zero-order chi connectivity index (χ0) is 12.0. The van der Waals surface area contributed by atoms with Crippen LogP contribution in [0, 0.1) is 0 Å². The van der Waals surface area contributed by atoms with E-state index in [4.69, 9.17) is 0 Å². The summed E-state index contributed by atoms with van der Waals surface area (Å²) in [4.78, 5) is 15.9. The van der Waals surface area contributed by atoms with Crippen molar-refractivity contribution < 1.29 is 4.79 Å². The van der Waals surface area contributed by atoms with Crippen LogP contribution >= 0.6 is 0 Å². The first-order chi connectivity index (χ1) is 7.67. The molecule has 0 radical (unpaired) electrons. The van der Waals surface area contributed by atoms with Gasteiger partial charge in [-0.1, -0.05) is 38.3 Å². The molecular formula is C13H16N2O. The topological polar surface area (TPSA) is 34.9 Å². The summed E-state index contributed by atoms with van der Waals surface area (Å²) in [6, 6.07) is 0. The number of rotatable bonds is 5. The summed E-state index contributed by atoms with van der Waals surface area (Å²) in [5.41, 5.74) is 1.68. The third kappa shape index (κ3) is 3.35. The Labute approximate surface area is 95.8 Å². The van der Waals surface area contributed by atoms with Gasteiger partial charge in [-0.3, -0.25) is 9.36 Å². The third-order valence-corrected chi connectivity index (χ3v) is 2.13. The van der Waals surface area contributed by atoms with Crippen LogP contribution in [-0.2, 0) is 6.42 Å². The molecule has 0 aliphatic rings. The second-order valence-corrected chi connectivity index (χ2v) is 3.45. The Balaban J connectivity index is 2.61. The van der Waals surface area contributed by atoms with E-state index in [9.17, 15) is 4.79 Å². The van der Waals surface area contributed by atoms with Crippen molar-refractivity contribution in [3.8, 4) is 0 Å². The van der Waals surface area contributed by atoms with E-state index < -0.39 is 0 Å². The molecule has 0 atom stereocenters. The lowest BCUT2D eigenvalue weighted by Crippen LogP contribution is -2.08. The average molecular weight is 216 g/mol. The smallest absolute Gasteiger partial charge is 0.236 e. The first-order valence-corrected chi connectivity index (χ1v) is 5.20. The monoisotopic (exact) mass is 216 g/mol. The summed E-state index contributed by atoms with van der Waals surface area (Å²) in [6.45, 7) is 9.35. The second-order valence-electron chi connectivity index (χ2n) is 3.45. The van der Waals surface area contributed by atoms with E-state index in [1.54, 1.807) is 30.8 Å². The average Bonchev–Trinajstić information content (AvgIpc) is 2.74. The molecule has 1 aromatic heterocycles. The summed E-state index contributed by atoms with van der Waals surface area (Å²) < 4.78 is 1.51. The van der Waals surface area contributed by atoms with Crippen LogP contribution in [0.4, 0.5) is 0 Å². The van der Waals surface area contributed by atoms with Crippen LogP contribution in [0.3, 0.4) is 0 Å². The highest BCUT2D eigenvalue weighted by atomic mass is 16.2.